The van der Waals surface area contributed by atoms with Crippen LogP contribution in [0.1, 0.15) is 17.0 Å². The van der Waals surface area contributed by atoms with E-state index in [0.29, 0.717) is 12.4 Å². The Morgan fingerprint density at radius 1 is 1.07 bits per heavy atom. The topological polar surface area (TPSA) is 87.0 Å². The lowest BCUT2D eigenvalue weighted by Gasteiger charge is -2.36. The summed E-state index contributed by atoms with van der Waals surface area (Å²) in [6.07, 6.45) is 0. The van der Waals surface area contributed by atoms with Crippen LogP contribution in [0.5, 0.6) is 11.5 Å². The first-order chi connectivity index (χ1) is 14.2. The maximum absolute atomic E-state index is 11.1. The molecule has 0 radical (unpaired) electrons. The van der Waals surface area contributed by atoms with Crippen molar-refractivity contribution in [3.8, 4) is 11.5 Å². The van der Waals surface area contributed by atoms with Gasteiger partial charge in [0.1, 0.15) is 17.3 Å². The first-order valence-electron chi connectivity index (χ1n) is 9.64. The third-order valence-electron chi connectivity index (χ3n) is 5.22. The standard InChI is InChI=1S/C21H21N5O3/c1-14-6-7-17-15(12-14)20(22-16-4-2-3-5-18(16)28-17)26-10-8-25(9-11-26)13-19-23-21(27)29-24-19/h2-7,12H,8-11,13H2,1H3,(H,23,24,27). The molecule has 5 rings (SSSR count). The first-order valence-corrected chi connectivity index (χ1v) is 9.64. The fourth-order valence-electron chi connectivity index (χ4n) is 3.74. The second-order valence-corrected chi connectivity index (χ2v) is 7.31. The molecule has 1 fully saturated rings. The van der Waals surface area contributed by atoms with Crippen LogP contribution < -0.4 is 10.5 Å². The number of benzene rings is 2. The van der Waals surface area contributed by atoms with Gasteiger partial charge in [0.2, 0.25) is 0 Å². The number of rotatable bonds is 2. The highest BCUT2D eigenvalue weighted by molar-refractivity contribution is 6.04. The minimum absolute atomic E-state index is 0.517. The van der Waals surface area contributed by atoms with E-state index in [4.69, 9.17) is 9.73 Å². The molecule has 0 atom stereocenters. The Hall–Kier alpha value is -3.39. The summed E-state index contributed by atoms with van der Waals surface area (Å²) in [6.45, 7) is 5.93. The molecule has 8 heteroatoms. The van der Waals surface area contributed by atoms with E-state index in [-0.39, 0.29) is 0 Å². The number of aromatic amines is 1. The van der Waals surface area contributed by atoms with Gasteiger partial charge in [0.25, 0.3) is 0 Å². The fraction of sp³-hybridized carbons (Fsp3) is 0.286. The molecule has 1 aromatic heterocycles. The molecule has 0 aliphatic carbocycles. The summed E-state index contributed by atoms with van der Waals surface area (Å²) in [6, 6.07) is 14.1. The smallest absolute Gasteiger partial charge is 0.438 e. The Morgan fingerprint density at radius 3 is 2.69 bits per heavy atom. The largest absolute Gasteiger partial charge is 0.454 e. The Morgan fingerprint density at radius 2 is 1.90 bits per heavy atom. The molecular weight excluding hydrogens is 370 g/mol. The molecule has 0 amide bonds. The van der Waals surface area contributed by atoms with Crippen LogP contribution in [0.3, 0.4) is 0 Å². The van der Waals surface area contributed by atoms with Gasteiger partial charge in [-0.05, 0) is 31.2 Å². The fourth-order valence-corrected chi connectivity index (χ4v) is 3.74. The Kier molecular flexibility index (Phi) is 4.40. The number of amidine groups is 1. The molecule has 8 nitrogen and oxygen atoms in total. The van der Waals surface area contributed by atoms with E-state index in [1.165, 1.54) is 5.56 Å². The summed E-state index contributed by atoms with van der Waals surface area (Å²) in [4.78, 5) is 23.3. The lowest BCUT2D eigenvalue weighted by molar-refractivity contribution is 0.170. The number of hydrogen-bond acceptors (Lipinski definition) is 7. The molecule has 3 heterocycles. The molecule has 148 valence electrons. The predicted octanol–water partition coefficient (Wildman–Crippen LogP) is 2.67. The van der Waals surface area contributed by atoms with Gasteiger partial charge < -0.3 is 9.64 Å². The number of aliphatic imine (C=N–C) groups is 1. The van der Waals surface area contributed by atoms with Crippen molar-refractivity contribution in [1.29, 1.82) is 0 Å². The molecule has 29 heavy (non-hydrogen) atoms. The van der Waals surface area contributed by atoms with E-state index >= 15 is 0 Å². The zero-order chi connectivity index (χ0) is 19.8. The summed E-state index contributed by atoms with van der Waals surface area (Å²) >= 11 is 0. The van der Waals surface area contributed by atoms with Gasteiger partial charge in [-0.3, -0.25) is 14.4 Å². The molecule has 0 bridgehead atoms. The van der Waals surface area contributed by atoms with E-state index in [2.05, 4.69) is 43.5 Å². The average Bonchev–Trinajstić information content (AvgIpc) is 3.06. The van der Waals surface area contributed by atoms with Crippen LogP contribution in [0.4, 0.5) is 5.69 Å². The quantitative estimate of drug-likeness (QED) is 0.723. The first kappa shape index (κ1) is 17.7. The van der Waals surface area contributed by atoms with Gasteiger partial charge in [0, 0.05) is 26.2 Å². The molecule has 0 saturated carbocycles. The van der Waals surface area contributed by atoms with Gasteiger partial charge in [-0.1, -0.05) is 28.9 Å². The number of nitrogens with one attached hydrogen (secondary N) is 1. The molecule has 2 aromatic carbocycles. The van der Waals surface area contributed by atoms with Gasteiger partial charge in [0.15, 0.2) is 11.6 Å². The predicted molar refractivity (Wildman–Crippen MR) is 108 cm³/mol. The van der Waals surface area contributed by atoms with E-state index in [1.54, 1.807) is 0 Å². The number of aryl methyl sites for hydroxylation is 1. The number of aromatic nitrogens is 2. The van der Waals surface area contributed by atoms with Crippen LogP contribution in [0, 0.1) is 6.92 Å². The van der Waals surface area contributed by atoms with Crippen LogP contribution in [0.2, 0.25) is 0 Å². The highest BCUT2D eigenvalue weighted by Gasteiger charge is 2.26. The number of nitrogens with zero attached hydrogens (tertiary/aromatic N) is 4. The van der Waals surface area contributed by atoms with Gasteiger partial charge in [-0.25, -0.2) is 9.79 Å². The maximum Gasteiger partial charge on any atom is 0.438 e. The summed E-state index contributed by atoms with van der Waals surface area (Å²) in [5, 5.41) is 3.76. The van der Waals surface area contributed by atoms with E-state index in [9.17, 15) is 4.79 Å². The van der Waals surface area contributed by atoms with Gasteiger partial charge in [0.05, 0.1) is 12.1 Å². The monoisotopic (exact) mass is 391 g/mol. The molecule has 1 saturated heterocycles. The van der Waals surface area contributed by atoms with E-state index in [0.717, 1.165) is 54.8 Å². The molecule has 0 spiro atoms. The normalized spacial score (nSPS) is 16.4. The van der Waals surface area contributed by atoms with Crippen LogP contribution in [-0.2, 0) is 6.54 Å². The lowest BCUT2D eigenvalue weighted by atomic mass is 10.1. The summed E-state index contributed by atoms with van der Waals surface area (Å²) in [7, 11) is 0. The maximum atomic E-state index is 11.1. The number of ether oxygens (including phenoxy) is 1. The van der Waals surface area contributed by atoms with Crippen LogP contribution in [0.15, 0.2) is 56.8 Å². The van der Waals surface area contributed by atoms with Crippen molar-refractivity contribution in [2.45, 2.75) is 13.5 Å². The molecule has 1 N–H and O–H groups in total. The number of para-hydroxylation sites is 2. The number of fused-ring (bicyclic) bond motifs is 2. The van der Waals surface area contributed by atoms with Gasteiger partial charge in [-0.2, -0.15) is 0 Å². The molecule has 2 aliphatic heterocycles. The number of H-pyrrole nitrogens is 1. The summed E-state index contributed by atoms with van der Waals surface area (Å²) < 4.78 is 10.8. The highest BCUT2D eigenvalue weighted by atomic mass is 16.5. The minimum Gasteiger partial charge on any atom is -0.454 e. The SMILES string of the molecule is Cc1ccc2c(c1)C(N1CCN(Cc3noc(=O)[nH]3)CC1)=Nc1ccccc1O2. The van der Waals surface area contributed by atoms with E-state index in [1.807, 2.05) is 30.3 Å². The summed E-state index contributed by atoms with van der Waals surface area (Å²) in [5.41, 5.74) is 3.01. The number of hydrogen-bond donors (Lipinski definition) is 1. The van der Waals surface area contributed by atoms with E-state index < -0.39 is 5.76 Å². The Balaban J connectivity index is 1.42. The second kappa shape index (κ2) is 7.21. The zero-order valence-corrected chi connectivity index (χ0v) is 16.1. The Labute approximate surface area is 167 Å². The zero-order valence-electron chi connectivity index (χ0n) is 16.1. The van der Waals surface area contributed by atoms with Crippen molar-refractivity contribution in [2.24, 2.45) is 4.99 Å². The van der Waals surface area contributed by atoms with Crippen LogP contribution in [0.25, 0.3) is 0 Å². The third-order valence-corrected chi connectivity index (χ3v) is 5.22. The van der Waals surface area contributed by atoms with Crippen molar-refractivity contribution in [2.75, 3.05) is 26.2 Å². The van der Waals surface area contributed by atoms with Crippen molar-refractivity contribution in [3.05, 3.63) is 70.0 Å². The highest BCUT2D eigenvalue weighted by Crippen LogP contribution is 2.38. The van der Waals surface area contributed by atoms with Gasteiger partial charge >= 0.3 is 5.76 Å². The van der Waals surface area contributed by atoms with Crippen molar-refractivity contribution < 1.29 is 9.26 Å². The molecular formula is C21H21N5O3. The number of piperazine rings is 1. The molecule has 0 unspecified atom stereocenters. The molecule has 3 aromatic rings. The Bertz CT molecular complexity index is 1130. The lowest BCUT2D eigenvalue weighted by Crippen LogP contribution is -2.48. The van der Waals surface area contributed by atoms with Gasteiger partial charge in [-0.15, -0.1) is 0 Å². The second-order valence-electron chi connectivity index (χ2n) is 7.31. The summed E-state index contributed by atoms with van der Waals surface area (Å²) in [5.74, 6) is 2.56. The third kappa shape index (κ3) is 3.54. The van der Waals surface area contributed by atoms with Crippen LogP contribution >= 0.6 is 0 Å². The average molecular weight is 391 g/mol. The molecule has 2 aliphatic rings. The minimum atomic E-state index is -0.517. The van der Waals surface area contributed by atoms with Crippen molar-refractivity contribution >= 4 is 11.5 Å². The van der Waals surface area contributed by atoms with Crippen LogP contribution in [-0.4, -0.2) is 52.0 Å². The van der Waals surface area contributed by atoms with Crippen molar-refractivity contribution in [1.82, 2.24) is 19.9 Å². The van der Waals surface area contributed by atoms with Crippen molar-refractivity contribution in [3.63, 3.8) is 0 Å².